The first-order valence-electron chi connectivity index (χ1n) is 8.30. The Balaban J connectivity index is 1.99. The maximum atomic E-state index is 12.4. The number of ether oxygens (including phenoxy) is 2. The maximum absolute atomic E-state index is 12.4. The van der Waals surface area contributed by atoms with Gasteiger partial charge >= 0.3 is 0 Å². The number of hydrogen-bond acceptors (Lipinski definition) is 3. The van der Waals surface area contributed by atoms with Crippen LogP contribution in [0.1, 0.15) is 39.2 Å². The first-order valence-corrected chi connectivity index (χ1v) is 8.30. The lowest BCUT2D eigenvalue weighted by atomic mass is 10.0. The Labute approximate surface area is 143 Å². The third kappa shape index (κ3) is 4.75. The summed E-state index contributed by atoms with van der Waals surface area (Å²) < 4.78 is 11.2. The molecule has 1 atom stereocenters. The van der Waals surface area contributed by atoms with Crippen molar-refractivity contribution >= 4 is 11.6 Å². The van der Waals surface area contributed by atoms with Crippen molar-refractivity contribution in [2.24, 2.45) is 0 Å². The summed E-state index contributed by atoms with van der Waals surface area (Å²) in [4.78, 5) is 12.4. The van der Waals surface area contributed by atoms with E-state index in [-0.39, 0.29) is 5.91 Å². The summed E-state index contributed by atoms with van der Waals surface area (Å²) in [6, 6.07) is 15.2. The Kier molecular flexibility index (Phi) is 6.24. The van der Waals surface area contributed by atoms with Gasteiger partial charge in [0.15, 0.2) is 6.10 Å². The van der Waals surface area contributed by atoms with Gasteiger partial charge in [-0.05, 0) is 49.6 Å². The summed E-state index contributed by atoms with van der Waals surface area (Å²) in [5, 5.41) is 2.86. The van der Waals surface area contributed by atoms with Crippen molar-refractivity contribution in [3.63, 3.8) is 0 Å². The standard InChI is InChI=1S/C20H25NO3/c1-5-23-19-9-7-6-8-18(19)21-20(22)15(4)24-17-12-10-16(11-13-17)14(2)3/h6-15H,5H2,1-4H3,(H,21,22)/t15-/m1/s1. The van der Waals surface area contributed by atoms with Crippen molar-refractivity contribution in [3.8, 4) is 11.5 Å². The van der Waals surface area contributed by atoms with E-state index < -0.39 is 6.10 Å². The van der Waals surface area contributed by atoms with Gasteiger partial charge in [0, 0.05) is 0 Å². The van der Waals surface area contributed by atoms with E-state index in [4.69, 9.17) is 9.47 Å². The summed E-state index contributed by atoms with van der Waals surface area (Å²) in [6.07, 6.45) is -0.607. The highest BCUT2D eigenvalue weighted by Crippen LogP contribution is 2.24. The van der Waals surface area contributed by atoms with E-state index in [0.29, 0.717) is 29.7 Å². The lowest BCUT2D eigenvalue weighted by Gasteiger charge is -2.17. The smallest absolute Gasteiger partial charge is 0.265 e. The molecule has 0 aromatic heterocycles. The molecule has 0 saturated carbocycles. The quantitative estimate of drug-likeness (QED) is 0.807. The van der Waals surface area contributed by atoms with Crippen LogP contribution in [-0.4, -0.2) is 18.6 Å². The molecular weight excluding hydrogens is 302 g/mol. The molecule has 0 unspecified atom stereocenters. The molecule has 2 aromatic rings. The van der Waals surface area contributed by atoms with Crippen LogP contribution in [0.5, 0.6) is 11.5 Å². The normalized spacial score (nSPS) is 11.9. The fourth-order valence-corrected chi connectivity index (χ4v) is 2.27. The van der Waals surface area contributed by atoms with E-state index in [0.717, 1.165) is 0 Å². The molecule has 0 fully saturated rings. The van der Waals surface area contributed by atoms with Crippen molar-refractivity contribution in [2.45, 2.75) is 39.7 Å². The molecule has 24 heavy (non-hydrogen) atoms. The van der Waals surface area contributed by atoms with Gasteiger partial charge in [0.25, 0.3) is 5.91 Å². The minimum absolute atomic E-state index is 0.213. The average molecular weight is 327 g/mol. The number of anilines is 1. The van der Waals surface area contributed by atoms with E-state index in [2.05, 4.69) is 19.2 Å². The summed E-state index contributed by atoms with van der Waals surface area (Å²) >= 11 is 0. The van der Waals surface area contributed by atoms with Gasteiger partial charge in [-0.1, -0.05) is 38.1 Å². The second-order valence-electron chi connectivity index (χ2n) is 5.90. The second-order valence-corrected chi connectivity index (χ2v) is 5.90. The monoisotopic (exact) mass is 327 g/mol. The molecular formula is C20H25NO3. The number of carbonyl (C=O) groups is 1. The zero-order chi connectivity index (χ0) is 17.5. The molecule has 0 aliphatic carbocycles. The van der Waals surface area contributed by atoms with Gasteiger partial charge < -0.3 is 14.8 Å². The second kappa shape index (κ2) is 8.39. The molecule has 0 aliphatic rings. The fourth-order valence-electron chi connectivity index (χ4n) is 2.27. The molecule has 0 saturated heterocycles. The van der Waals surface area contributed by atoms with Crippen molar-refractivity contribution in [3.05, 3.63) is 54.1 Å². The molecule has 2 aromatic carbocycles. The van der Waals surface area contributed by atoms with E-state index in [1.807, 2.05) is 55.5 Å². The molecule has 0 bridgehead atoms. The van der Waals surface area contributed by atoms with Gasteiger partial charge in [0.2, 0.25) is 0 Å². The van der Waals surface area contributed by atoms with Gasteiger partial charge in [0.1, 0.15) is 11.5 Å². The predicted molar refractivity (Wildman–Crippen MR) is 96.9 cm³/mol. The summed E-state index contributed by atoms with van der Waals surface area (Å²) in [6.45, 7) is 8.46. The topological polar surface area (TPSA) is 47.6 Å². The largest absolute Gasteiger partial charge is 0.492 e. The van der Waals surface area contributed by atoms with Crippen LogP contribution < -0.4 is 14.8 Å². The zero-order valence-electron chi connectivity index (χ0n) is 14.7. The number of hydrogen-bond donors (Lipinski definition) is 1. The first kappa shape index (κ1) is 17.9. The minimum Gasteiger partial charge on any atom is -0.492 e. The van der Waals surface area contributed by atoms with Crippen LogP contribution in [0, 0.1) is 0 Å². The lowest BCUT2D eigenvalue weighted by Crippen LogP contribution is -2.30. The number of nitrogens with one attached hydrogen (secondary N) is 1. The molecule has 1 N–H and O–H groups in total. The van der Waals surface area contributed by atoms with Gasteiger partial charge in [-0.15, -0.1) is 0 Å². The Bertz CT molecular complexity index is 665. The van der Waals surface area contributed by atoms with Crippen molar-refractivity contribution in [1.29, 1.82) is 0 Å². The van der Waals surface area contributed by atoms with Crippen LogP contribution >= 0.6 is 0 Å². The molecule has 1 amide bonds. The maximum Gasteiger partial charge on any atom is 0.265 e. The van der Waals surface area contributed by atoms with Crippen LogP contribution in [-0.2, 0) is 4.79 Å². The lowest BCUT2D eigenvalue weighted by molar-refractivity contribution is -0.122. The van der Waals surface area contributed by atoms with Crippen LogP contribution in [0.2, 0.25) is 0 Å². The fraction of sp³-hybridized carbons (Fsp3) is 0.350. The SMILES string of the molecule is CCOc1ccccc1NC(=O)[C@@H](C)Oc1ccc(C(C)C)cc1. The van der Waals surface area contributed by atoms with Gasteiger partial charge in [-0.3, -0.25) is 4.79 Å². The van der Waals surface area contributed by atoms with Crippen LogP contribution in [0.15, 0.2) is 48.5 Å². The molecule has 128 valence electrons. The van der Waals surface area contributed by atoms with E-state index in [1.54, 1.807) is 6.92 Å². The van der Waals surface area contributed by atoms with Crippen molar-refractivity contribution in [2.75, 3.05) is 11.9 Å². The highest BCUT2D eigenvalue weighted by Gasteiger charge is 2.16. The summed E-state index contributed by atoms with van der Waals surface area (Å²) in [5.74, 6) is 1.59. The van der Waals surface area contributed by atoms with Crippen LogP contribution in [0.4, 0.5) is 5.69 Å². The first-order chi connectivity index (χ1) is 11.5. The van der Waals surface area contributed by atoms with Gasteiger partial charge in [0.05, 0.1) is 12.3 Å². The Morgan fingerprint density at radius 3 is 2.33 bits per heavy atom. The summed E-state index contributed by atoms with van der Waals surface area (Å²) in [7, 11) is 0. The molecule has 4 heteroatoms. The molecule has 0 spiro atoms. The predicted octanol–water partition coefficient (Wildman–Crippen LogP) is 4.61. The van der Waals surface area contributed by atoms with Gasteiger partial charge in [-0.25, -0.2) is 0 Å². The average Bonchev–Trinajstić information content (AvgIpc) is 2.57. The van der Waals surface area contributed by atoms with Gasteiger partial charge in [-0.2, -0.15) is 0 Å². The highest BCUT2D eigenvalue weighted by atomic mass is 16.5. The minimum atomic E-state index is -0.607. The highest BCUT2D eigenvalue weighted by molar-refractivity contribution is 5.95. The molecule has 0 aliphatic heterocycles. The molecule has 0 heterocycles. The zero-order valence-corrected chi connectivity index (χ0v) is 14.7. The number of carbonyl (C=O) groups excluding carboxylic acids is 1. The number of rotatable bonds is 7. The van der Waals surface area contributed by atoms with Crippen molar-refractivity contribution in [1.82, 2.24) is 0 Å². The third-order valence-corrected chi connectivity index (χ3v) is 3.67. The number of para-hydroxylation sites is 2. The van der Waals surface area contributed by atoms with E-state index >= 15 is 0 Å². The Morgan fingerprint density at radius 1 is 1.04 bits per heavy atom. The van der Waals surface area contributed by atoms with E-state index in [9.17, 15) is 4.79 Å². The summed E-state index contributed by atoms with van der Waals surface area (Å²) in [5.41, 5.74) is 1.89. The number of benzene rings is 2. The molecule has 2 rings (SSSR count). The molecule has 0 radical (unpaired) electrons. The Hall–Kier alpha value is -2.49. The van der Waals surface area contributed by atoms with Crippen LogP contribution in [0.3, 0.4) is 0 Å². The van der Waals surface area contributed by atoms with Crippen LogP contribution in [0.25, 0.3) is 0 Å². The van der Waals surface area contributed by atoms with Crippen molar-refractivity contribution < 1.29 is 14.3 Å². The van der Waals surface area contributed by atoms with E-state index in [1.165, 1.54) is 5.56 Å². The third-order valence-electron chi connectivity index (χ3n) is 3.67. The number of amides is 1. The molecule has 4 nitrogen and oxygen atoms in total. The Morgan fingerprint density at radius 2 is 1.71 bits per heavy atom.